The third-order valence-electron chi connectivity index (χ3n) is 3.33. The lowest BCUT2D eigenvalue weighted by molar-refractivity contribution is -0.114. The van der Waals surface area contributed by atoms with Gasteiger partial charge in [0.05, 0.1) is 17.1 Å². The van der Waals surface area contributed by atoms with E-state index in [1.807, 2.05) is 13.0 Å². The topological polar surface area (TPSA) is 84.2 Å². The van der Waals surface area contributed by atoms with Gasteiger partial charge in [0.25, 0.3) is 5.91 Å². The molecule has 5 nitrogen and oxygen atoms in total. The fourth-order valence-corrected chi connectivity index (χ4v) is 2.35. The first-order valence-corrected chi connectivity index (χ1v) is 7.61. The van der Waals surface area contributed by atoms with Gasteiger partial charge in [-0.05, 0) is 36.2 Å². The second-order valence-electron chi connectivity index (χ2n) is 4.91. The summed E-state index contributed by atoms with van der Waals surface area (Å²) in [6.07, 6.45) is 0.749. The van der Waals surface area contributed by atoms with E-state index in [4.69, 9.17) is 17.3 Å². The van der Waals surface area contributed by atoms with Crippen LogP contribution in [0.2, 0.25) is 5.02 Å². The van der Waals surface area contributed by atoms with E-state index >= 15 is 0 Å². The van der Waals surface area contributed by atoms with Gasteiger partial charge in [-0.25, -0.2) is 0 Å². The maximum Gasteiger partial charge on any atom is 0.257 e. The van der Waals surface area contributed by atoms with Crippen LogP contribution in [0.1, 0.15) is 22.8 Å². The molecule has 0 saturated heterocycles. The largest absolute Gasteiger partial charge is 0.325 e. The van der Waals surface area contributed by atoms with Crippen molar-refractivity contribution in [3.63, 3.8) is 0 Å². The highest BCUT2D eigenvalue weighted by atomic mass is 35.5. The molecule has 2 aromatic carbocycles. The zero-order valence-corrected chi connectivity index (χ0v) is 13.5. The van der Waals surface area contributed by atoms with Gasteiger partial charge >= 0.3 is 0 Å². The molecule has 120 valence electrons. The van der Waals surface area contributed by atoms with Crippen molar-refractivity contribution in [2.45, 2.75) is 13.3 Å². The Morgan fingerprint density at radius 1 is 1.13 bits per heavy atom. The Hall–Kier alpha value is -2.37. The summed E-state index contributed by atoms with van der Waals surface area (Å²) in [6.45, 7) is 1.88. The molecule has 0 aliphatic carbocycles. The van der Waals surface area contributed by atoms with E-state index in [9.17, 15) is 9.59 Å². The van der Waals surface area contributed by atoms with Crippen molar-refractivity contribution < 1.29 is 9.59 Å². The minimum absolute atomic E-state index is 0.0979. The summed E-state index contributed by atoms with van der Waals surface area (Å²) >= 11 is 6.02. The molecule has 0 radical (unpaired) electrons. The number of rotatable bonds is 5. The molecule has 2 amide bonds. The minimum Gasteiger partial charge on any atom is -0.325 e. The Morgan fingerprint density at radius 3 is 2.52 bits per heavy atom. The standard InChI is InChI=1S/C17H18ClN3O2/c1-2-11-7-8-12(9-15(11)21-16(22)10-19)20-17(23)13-5-3-4-6-14(13)18/h3-9H,2,10,19H2,1H3,(H,20,23)(H,21,22). The van der Waals surface area contributed by atoms with Crippen LogP contribution in [-0.2, 0) is 11.2 Å². The predicted molar refractivity (Wildman–Crippen MR) is 92.9 cm³/mol. The van der Waals surface area contributed by atoms with Gasteiger partial charge in [0.2, 0.25) is 5.91 Å². The zero-order chi connectivity index (χ0) is 16.8. The second kappa shape index (κ2) is 7.76. The van der Waals surface area contributed by atoms with E-state index in [-0.39, 0.29) is 18.4 Å². The summed E-state index contributed by atoms with van der Waals surface area (Å²) in [7, 11) is 0. The van der Waals surface area contributed by atoms with Crippen molar-refractivity contribution in [2.24, 2.45) is 5.73 Å². The Balaban J connectivity index is 2.23. The Kier molecular flexibility index (Phi) is 5.73. The first kappa shape index (κ1) is 17.0. The lowest BCUT2D eigenvalue weighted by Gasteiger charge is -2.13. The third kappa shape index (κ3) is 4.31. The summed E-state index contributed by atoms with van der Waals surface area (Å²) in [5.74, 6) is -0.592. The highest BCUT2D eigenvalue weighted by Crippen LogP contribution is 2.23. The van der Waals surface area contributed by atoms with Crippen molar-refractivity contribution in [2.75, 3.05) is 17.2 Å². The van der Waals surface area contributed by atoms with Crippen LogP contribution in [0.3, 0.4) is 0 Å². The van der Waals surface area contributed by atoms with Crippen LogP contribution >= 0.6 is 11.6 Å². The average molecular weight is 332 g/mol. The third-order valence-corrected chi connectivity index (χ3v) is 3.66. The SMILES string of the molecule is CCc1ccc(NC(=O)c2ccccc2Cl)cc1NC(=O)CN. The summed E-state index contributed by atoms with van der Waals surface area (Å²) in [4.78, 5) is 23.8. The number of nitrogens with one attached hydrogen (secondary N) is 2. The Bertz CT molecular complexity index is 732. The van der Waals surface area contributed by atoms with Gasteiger partial charge in [-0.1, -0.05) is 36.7 Å². The maximum absolute atomic E-state index is 12.3. The van der Waals surface area contributed by atoms with Crippen LogP contribution < -0.4 is 16.4 Å². The average Bonchev–Trinajstić information content (AvgIpc) is 2.55. The van der Waals surface area contributed by atoms with Crippen LogP contribution in [0.25, 0.3) is 0 Å². The van der Waals surface area contributed by atoms with Gasteiger partial charge in [0.15, 0.2) is 0 Å². The molecule has 0 aromatic heterocycles. The molecule has 0 saturated carbocycles. The number of hydrogen-bond donors (Lipinski definition) is 3. The molecule has 0 aliphatic heterocycles. The van der Waals surface area contributed by atoms with E-state index in [2.05, 4.69) is 10.6 Å². The lowest BCUT2D eigenvalue weighted by Crippen LogP contribution is -2.22. The van der Waals surface area contributed by atoms with Gasteiger partial charge in [0, 0.05) is 11.4 Å². The van der Waals surface area contributed by atoms with Crippen molar-refractivity contribution in [3.05, 3.63) is 58.6 Å². The fraction of sp³-hybridized carbons (Fsp3) is 0.176. The number of hydrogen-bond acceptors (Lipinski definition) is 3. The lowest BCUT2D eigenvalue weighted by atomic mass is 10.1. The van der Waals surface area contributed by atoms with Gasteiger partial charge in [0.1, 0.15) is 0 Å². The minimum atomic E-state index is -0.309. The molecule has 2 aromatic rings. The van der Waals surface area contributed by atoms with Crippen LogP contribution in [0.5, 0.6) is 0 Å². The quantitative estimate of drug-likeness (QED) is 0.787. The molecule has 6 heteroatoms. The molecule has 0 unspecified atom stereocenters. The number of halogens is 1. The van der Waals surface area contributed by atoms with E-state index < -0.39 is 0 Å². The molecule has 4 N–H and O–H groups in total. The van der Waals surface area contributed by atoms with Crippen LogP contribution in [-0.4, -0.2) is 18.4 Å². The number of carbonyl (C=O) groups is 2. The summed E-state index contributed by atoms with van der Waals surface area (Å²) in [5, 5.41) is 5.89. The number of amides is 2. The summed E-state index contributed by atoms with van der Waals surface area (Å²) in [5.41, 5.74) is 7.88. The van der Waals surface area contributed by atoms with Gasteiger partial charge in [-0.2, -0.15) is 0 Å². The highest BCUT2D eigenvalue weighted by molar-refractivity contribution is 6.34. The summed E-state index contributed by atoms with van der Waals surface area (Å²) < 4.78 is 0. The molecule has 0 atom stereocenters. The van der Waals surface area contributed by atoms with E-state index in [1.165, 1.54) is 0 Å². The molecule has 0 aliphatic rings. The molecule has 0 heterocycles. The zero-order valence-electron chi connectivity index (χ0n) is 12.7. The fourth-order valence-electron chi connectivity index (χ4n) is 2.12. The number of benzene rings is 2. The van der Waals surface area contributed by atoms with Crippen molar-refractivity contribution in [1.29, 1.82) is 0 Å². The summed E-state index contributed by atoms with van der Waals surface area (Å²) in [6, 6.07) is 12.2. The maximum atomic E-state index is 12.3. The van der Waals surface area contributed by atoms with Crippen molar-refractivity contribution >= 4 is 34.8 Å². The first-order chi connectivity index (χ1) is 11.0. The number of anilines is 2. The van der Waals surface area contributed by atoms with E-state index in [0.717, 1.165) is 12.0 Å². The number of aryl methyl sites for hydroxylation is 1. The van der Waals surface area contributed by atoms with E-state index in [0.29, 0.717) is 22.0 Å². The predicted octanol–water partition coefficient (Wildman–Crippen LogP) is 3.05. The molecule has 0 spiro atoms. The first-order valence-electron chi connectivity index (χ1n) is 7.24. The van der Waals surface area contributed by atoms with Crippen LogP contribution in [0.4, 0.5) is 11.4 Å². The normalized spacial score (nSPS) is 10.2. The second-order valence-corrected chi connectivity index (χ2v) is 5.32. The smallest absolute Gasteiger partial charge is 0.257 e. The molecular formula is C17H18ClN3O2. The number of nitrogens with two attached hydrogens (primary N) is 1. The van der Waals surface area contributed by atoms with Gasteiger partial charge < -0.3 is 16.4 Å². The molecule has 23 heavy (non-hydrogen) atoms. The van der Waals surface area contributed by atoms with Crippen LogP contribution in [0.15, 0.2) is 42.5 Å². The Morgan fingerprint density at radius 2 is 1.87 bits per heavy atom. The highest BCUT2D eigenvalue weighted by Gasteiger charge is 2.11. The van der Waals surface area contributed by atoms with Crippen molar-refractivity contribution in [3.8, 4) is 0 Å². The molecule has 0 fully saturated rings. The van der Waals surface area contributed by atoms with Crippen molar-refractivity contribution in [1.82, 2.24) is 0 Å². The Labute approximate surface area is 139 Å². The monoisotopic (exact) mass is 331 g/mol. The molecule has 2 rings (SSSR count). The van der Waals surface area contributed by atoms with Gasteiger partial charge in [-0.15, -0.1) is 0 Å². The molecule has 0 bridgehead atoms. The molecular weight excluding hydrogens is 314 g/mol. The van der Waals surface area contributed by atoms with E-state index in [1.54, 1.807) is 36.4 Å². The van der Waals surface area contributed by atoms with Crippen LogP contribution in [0, 0.1) is 0 Å². The van der Waals surface area contributed by atoms with Gasteiger partial charge in [-0.3, -0.25) is 9.59 Å². The number of carbonyl (C=O) groups excluding carboxylic acids is 2.